The molecular weight excluding hydrogens is 362 g/mol. The van der Waals surface area contributed by atoms with Gasteiger partial charge in [0.25, 0.3) is 5.91 Å². The van der Waals surface area contributed by atoms with Crippen LogP contribution in [0.1, 0.15) is 10.4 Å². The topological polar surface area (TPSA) is 74.7 Å². The van der Waals surface area contributed by atoms with Gasteiger partial charge in [0, 0.05) is 17.2 Å². The molecule has 23 heavy (non-hydrogen) atoms. The summed E-state index contributed by atoms with van der Waals surface area (Å²) >= 11 is 3.34. The van der Waals surface area contributed by atoms with Crippen LogP contribution < -0.4 is 19.7 Å². The number of anilines is 1. The summed E-state index contributed by atoms with van der Waals surface area (Å²) < 4.78 is 11.1. The molecule has 0 radical (unpaired) electrons. The summed E-state index contributed by atoms with van der Waals surface area (Å²) in [6.07, 6.45) is 0. The van der Waals surface area contributed by atoms with Gasteiger partial charge in [0.15, 0.2) is 11.5 Å². The first-order valence-electron chi connectivity index (χ1n) is 6.84. The molecule has 0 saturated heterocycles. The molecule has 1 aliphatic heterocycles. The van der Waals surface area contributed by atoms with Crippen molar-refractivity contribution in [2.45, 2.75) is 0 Å². The van der Waals surface area contributed by atoms with Gasteiger partial charge in [-0.25, -0.2) is 0 Å². The van der Waals surface area contributed by atoms with Crippen molar-refractivity contribution in [3.05, 3.63) is 52.5 Å². The van der Waals surface area contributed by atoms with Crippen molar-refractivity contribution in [1.82, 2.24) is 5.32 Å². The van der Waals surface area contributed by atoms with Crippen LogP contribution in [-0.2, 0) is 0 Å². The molecule has 0 spiro atoms. The van der Waals surface area contributed by atoms with Crippen molar-refractivity contribution in [3.8, 4) is 11.5 Å². The van der Waals surface area contributed by atoms with Crippen molar-refractivity contribution in [3.63, 3.8) is 0 Å². The van der Waals surface area contributed by atoms with E-state index in [-0.39, 0.29) is 12.8 Å². The smallest absolute Gasteiger partial charge is 0.259 e. The highest BCUT2D eigenvalue weighted by Gasteiger charge is 2.21. The molecule has 0 fully saturated rings. The second-order valence-corrected chi connectivity index (χ2v) is 5.74. The van der Waals surface area contributed by atoms with E-state index in [1.807, 2.05) is 30.3 Å². The summed E-state index contributed by atoms with van der Waals surface area (Å²) in [5, 5.41) is 10.6. The third-order valence-corrected chi connectivity index (χ3v) is 4.07. The number of halogens is 1. The molecule has 2 aromatic carbocycles. The quantitative estimate of drug-likeness (QED) is 0.624. The molecule has 118 valence electrons. The molecule has 3 rings (SSSR count). The standard InChI is InChI=1S/C16H14BrN3O3/c1-20(10-5-3-2-4-6-10)16(18)19-15(21)11-7-13-14(8-12(11)17)23-9-22-13/h2-8H,9H2,1H3,(H2,18,19,21). The summed E-state index contributed by atoms with van der Waals surface area (Å²) in [5.74, 6) is 0.680. The third kappa shape index (κ3) is 3.14. The van der Waals surface area contributed by atoms with Gasteiger partial charge >= 0.3 is 0 Å². The highest BCUT2D eigenvalue weighted by molar-refractivity contribution is 9.10. The summed E-state index contributed by atoms with van der Waals surface area (Å²) in [5.41, 5.74) is 1.18. The lowest BCUT2D eigenvalue weighted by Crippen LogP contribution is -2.41. The van der Waals surface area contributed by atoms with Gasteiger partial charge in [0.05, 0.1) is 5.56 Å². The third-order valence-electron chi connectivity index (χ3n) is 3.42. The molecular formula is C16H14BrN3O3. The molecule has 6 nitrogen and oxygen atoms in total. The minimum absolute atomic E-state index is 0.0224. The molecule has 0 aliphatic carbocycles. The first-order chi connectivity index (χ1) is 11.1. The fraction of sp³-hybridized carbons (Fsp3) is 0.125. The number of carbonyl (C=O) groups excluding carboxylic acids is 1. The number of guanidine groups is 1. The number of para-hydroxylation sites is 1. The molecule has 2 N–H and O–H groups in total. The summed E-state index contributed by atoms with van der Waals surface area (Å²) in [6, 6.07) is 12.6. The van der Waals surface area contributed by atoms with E-state index in [2.05, 4.69) is 21.2 Å². The summed E-state index contributed by atoms with van der Waals surface area (Å²) in [7, 11) is 1.71. The van der Waals surface area contributed by atoms with Crippen LogP contribution >= 0.6 is 15.9 Å². The van der Waals surface area contributed by atoms with Gasteiger partial charge in [-0.1, -0.05) is 18.2 Å². The van der Waals surface area contributed by atoms with Crippen molar-refractivity contribution in [2.75, 3.05) is 18.7 Å². The number of nitrogens with one attached hydrogen (secondary N) is 2. The minimum Gasteiger partial charge on any atom is -0.454 e. The van der Waals surface area contributed by atoms with E-state index in [1.165, 1.54) is 0 Å². The molecule has 2 aromatic rings. The monoisotopic (exact) mass is 375 g/mol. The Morgan fingerprint density at radius 3 is 2.57 bits per heavy atom. The van der Waals surface area contributed by atoms with Gasteiger partial charge in [0.1, 0.15) is 0 Å². The number of nitrogens with zero attached hydrogens (tertiary/aromatic N) is 1. The Bertz CT molecular complexity index is 765. The number of benzene rings is 2. The van der Waals surface area contributed by atoms with E-state index in [4.69, 9.17) is 14.9 Å². The van der Waals surface area contributed by atoms with Gasteiger partial charge in [0.2, 0.25) is 12.8 Å². The van der Waals surface area contributed by atoms with Crippen molar-refractivity contribution >= 4 is 33.5 Å². The average Bonchev–Trinajstić information content (AvgIpc) is 3.01. The lowest BCUT2D eigenvalue weighted by atomic mass is 10.2. The Morgan fingerprint density at radius 2 is 1.87 bits per heavy atom. The van der Waals surface area contributed by atoms with Crippen LogP contribution in [0, 0.1) is 5.41 Å². The lowest BCUT2D eigenvalue weighted by Gasteiger charge is -2.20. The number of fused-ring (bicyclic) bond motifs is 1. The van der Waals surface area contributed by atoms with Crippen molar-refractivity contribution in [1.29, 1.82) is 5.41 Å². The van der Waals surface area contributed by atoms with E-state index >= 15 is 0 Å². The normalized spacial score (nSPS) is 11.9. The maximum absolute atomic E-state index is 12.4. The summed E-state index contributed by atoms with van der Waals surface area (Å²) in [4.78, 5) is 14.0. The molecule has 7 heteroatoms. The van der Waals surface area contributed by atoms with Gasteiger partial charge < -0.3 is 14.4 Å². The zero-order chi connectivity index (χ0) is 16.4. The largest absolute Gasteiger partial charge is 0.454 e. The predicted molar refractivity (Wildman–Crippen MR) is 90.3 cm³/mol. The van der Waals surface area contributed by atoms with Gasteiger partial charge in [-0.15, -0.1) is 0 Å². The zero-order valence-corrected chi connectivity index (χ0v) is 13.9. The highest BCUT2D eigenvalue weighted by Crippen LogP contribution is 2.36. The first kappa shape index (κ1) is 15.4. The predicted octanol–water partition coefficient (Wildman–Crippen LogP) is 2.98. The number of rotatable bonds is 2. The molecule has 0 bridgehead atoms. The average molecular weight is 376 g/mol. The Kier molecular flexibility index (Phi) is 4.20. The highest BCUT2D eigenvalue weighted by atomic mass is 79.9. The van der Waals surface area contributed by atoms with E-state index < -0.39 is 5.91 Å². The number of ether oxygens (including phenoxy) is 2. The van der Waals surface area contributed by atoms with E-state index in [1.54, 1.807) is 24.1 Å². The molecule has 0 saturated carbocycles. The number of carbonyl (C=O) groups is 1. The van der Waals surface area contributed by atoms with Crippen LogP contribution in [0.4, 0.5) is 5.69 Å². The van der Waals surface area contributed by atoms with Crippen LogP contribution in [-0.4, -0.2) is 25.7 Å². The van der Waals surface area contributed by atoms with Crippen LogP contribution in [0.3, 0.4) is 0 Å². The van der Waals surface area contributed by atoms with Crippen molar-refractivity contribution < 1.29 is 14.3 Å². The number of hydrogen-bond acceptors (Lipinski definition) is 4. The number of hydrogen-bond donors (Lipinski definition) is 2. The Morgan fingerprint density at radius 1 is 1.22 bits per heavy atom. The lowest BCUT2D eigenvalue weighted by molar-refractivity contribution is 0.0975. The molecule has 1 aliphatic rings. The van der Waals surface area contributed by atoms with E-state index in [0.29, 0.717) is 21.5 Å². The van der Waals surface area contributed by atoms with E-state index in [0.717, 1.165) is 5.69 Å². The Balaban J connectivity index is 1.76. The SMILES string of the molecule is CN(C(=N)NC(=O)c1cc2c(cc1Br)OCO2)c1ccccc1. The maximum atomic E-state index is 12.4. The van der Waals surface area contributed by atoms with Gasteiger partial charge in [-0.2, -0.15) is 0 Å². The van der Waals surface area contributed by atoms with Crippen LogP contribution in [0.15, 0.2) is 46.9 Å². The molecule has 1 heterocycles. The van der Waals surface area contributed by atoms with Crippen molar-refractivity contribution in [2.24, 2.45) is 0 Å². The van der Waals surface area contributed by atoms with Gasteiger partial charge in [-0.05, 0) is 40.2 Å². The fourth-order valence-corrected chi connectivity index (χ4v) is 2.63. The minimum atomic E-state index is -0.400. The maximum Gasteiger partial charge on any atom is 0.259 e. The van der Waals surface area contributed by atoms with Crippen LogP contribution in [0.25, 0.3) is 0 Å². The fourth-order valence-electron chi connectivity index (χ4n) is 2.13. The first-order valence-corrected chi connectivity index (χ1v) is 7.63. The number of amides is 1. The summed E-state index contributed by atoms with van der Waals surface area (Å²) in [6.45, 7) is 0.138. The zero-order valence-electron chi connectivity index (χ0n) is 12.3. The molecule has 0 atom stereocenters. The molecule has 1 amide bonds. The Hall–Kier alpha value is -2.54. The molecule has 0 aromatic heterocycles. The second kappa shape index (κ2) is 6.29. The van der Waals surface area contributed by atoms with Crippen LogP contribution in [0.5, 0.6) is 11.5 Å². The molecule has 0 unspecified atom stereocenters. The second-order valence-electron chi connectivity index (χ2n) is 4.88. The van der Waals surface area contributed by atoms with Crippen LogP contribution in [0.2, 0.25) is 0 Å². The van der Waals surface area contributed by atoms with Gasteiger partial charge in [-0.3, -0.25) is 15.5 Å². The Labute approximate surface area is 141 Å². The van der Waals surface area contributed by atoms with E-state index in [9.17, 15) is 4.79 Å².